The van der Waals surface area contributed by atoms with E-state index in [4.69, 9.17) is 0 Å². The van der Waals surface area contributed by atoms with Gasteiger partial charge in [0.25, 0.3) is 0 Å². The minimum atomic E-state index is -0.865. The van der Waals surface area contributed by atoms with Crippen LogP contribution in [0.1, 0.15) is 86.0 Å². The average Bonchev–Trinajstić information content (AvgIpc) is 3.31. The molecule has 0 spiro atoms. The lowest BCUT2D eigenvalue weighted by atomic mass is 9.62. The van der Waals surface area contributed by atoms with Gasteiger partial charge in [0.05, 0.1) is 5.56 Å². The number of fused-ring (bicyclic) bond motifs is 2. The van der Waals surface area contributed by atoms with Crippen molar-refractivity contribution in [2.24, 2.45) is 5.92 Å². The number of aromatic carboxylic acids is 1. The van der Waals surface area contributed by atoms with Crippen LogP contribution in [0.3, 0.4) is 0 Å². The average molecular weight is 387 g/mol. The molecular weight excluding hydrogens is 356 g/mol. The van der Waals surface area contributed by atoms with Gasteiger partial charge in [0.1, 0.15) is 0 Å². The molecular formula is C27H30O2. The van der Waals surface area contributed by atoms with Crippen LogP contribution >= 0.6 is 0 Å². The minimum absolute atomic E-state index is 0.122. The minimum Gasteiger partial charge on any atom is -0.478 e. The fourth-order valence-corrected chi connectivity index (χ4v) is 5.93. The normalized spacial score (nSPS) is 28.3. The van der Waals surface area contributed by atoms with Crippen molar-refractivity contribution in [1.82, 2.24) is 0 Å². The van der Waals surface area contributed by atoms with Crippen molar-refractivity contribution in [2.45, 2.75) is 69.6 Å². The van der Waals surface area contributed by atoms with E-state index in [2.05, 4.69) is 52.0 Å². The van der Waals surface area contributed by atoms with E-state index in [9.17, 15) is 9.90 Å². The number of rotatable bonds is 3. The molecule has 0 saturated heterocycles. The monoisotopic (exact) mass is 386 g/mol. The summed E-state index contributed by atoms with van der Waals surface area (Å²) >= 11 is 0. The quantitative estimate of drug-likeness (QED) is 0.655. The van der Waals surface area contributed by atoms with Gasteiger partial charge in [0.15, 0.2) is 0 Å². The summed E-state index contributed by atoms with van der Waals surface area (Å²) in [5.41, 5.74) is 8.00. The molecule has 2 aromatic carbocycles. The van der Waals surface area contributed by atoms with Crippen molar-refractivity contribution < 1.29 is 9.90 Å². The molecule has 3 aliphatic carbocycles. The van der Waals surface area contributed by atoms with E-state index < -0.39 is 5.97 Å². The molecule has 0 amide bonds. The third-order valence-electron chi connectivity index (χ3n) is 8.00. The highest BCUT2D eigenvalue weighted by Gasteiger charge is 2.60. The molecule has 2 heteroatoms. The fraction of sp³-hybridized carbons (Fsp3) is 0.444. The molecule has 2 aromatic rings. The highest BCUT2D eigenvalue weighted by atomic mass is 16.4. The maximum absolute atomic E-state index is 11.2. The van der Waals surface area contributed by atoms with Crippen molar-refractivity contribution in [3.8, 4) is 0 Å². The van der Waals surface area contributed by atoms with Gasteiger partial charge in [-0.05, 0) is 82.4 Å². The Morgan fingerprint density at radius 2 is 1.59 bits per heavy atom. The maximum Gasteiger partial charge on any atom is 0.335 e. The van der Waals surface area contributed by atoms with Crippen LogP contribution in [0.4, 0.5) is 0 Å². The summed E-state index contributed by atoms with van der Waals surface area (Å²) in [6, 6.07) is 14.8. The number of allylic oxidation sites excluding steroid dienone is 2. The Balaban J connectivity index is 1.58. The van der Waals surface area contributed by atoms with Crippen LogP contribution in [0.25, 0.3) is 5.57 Å². The summed E-state index contributed by atoms with van der Waals surface area (Å²) in [5, 5.41) is 9.22. The van der Waals surface area contributed by atoms with Gasteiger partial charge in [-0.15, -0.1) is 0 Å². The molecule has 0 bridgehead atoms. The first-order valence-electron chi connectivity index (χ1n) is 10.8. The molecule has 2 nitrogen and oxygen atoms in total. The zero-order valence-electron chi connectivity index (χ0n) is 17.9. The smallest absolute Gasteiger partial charge is 0.335 e. The van der Waals surface area contributed by atoms with E-state index in [0.717, 1.165) is 6.42 Å². The topological polar surface area (TPSA) is 37.3 Å². The lowest BCUT2D eigenvalue weighted by molar-refractivity contribution is 0.0697. The summed E-state index contributed by atoms with van der Waals surface area (Å²) < 4.78 is 0. The summed E-state index contributed by atoms with van der Waals surface area (Å²) in [6.45, 7) is 9.54. The number of carboxylic acid groups (broad SMARTS) is 1. The Labute approximate surface area is 173 Å². The lowest BCUT2D eigenvalue weighted by Gasteiger charge is -2.42. The molecule has 0 aromatic heterocycles. The van der Waals surface area contributed by atoms with Crippen molar-refractivity contribution in [2.75, 3.05) is 0 Å². The molecule has 1 fully saturated rings. The number of benzene rings is 2. The highest BCUT2D eigenvalue weighted by molar-refractivity contribution is 5.89. The van der Waals surface area contributed by atoms with Gasteiger partial charge in [0.2, 0.25) is 0 Å². The Morgan fingerprint density at radius 1 is 0.931 bits per heavy atom. The van der Waals surface area contributed by atoms with Crippen LogP contribution in [-0.4, -0.2) is 11.1 Å². The van der Waals surface area contributed by atoms with Crippen LogP contribution in [0.15, 0.2) is 48.5 Å². The summed E-state index contributed by atoms with van der Waals surface area (Å²) in [5.74, 6) is -0.176. The van der Waals surface area contributed by atoms with Crippen LogP contribution in [0.5, 0.6) is 0 Å². The molecule has 0 aliphatic heterocycles. The molecule has 0 radical (unpaired) electrons. The standard InChI is InChI=1S/C27H30O2/c1-25(2)13-14-26(3,4)23-15-19(9-12-22(23)25)27-16-20(27)10-11-21(27)17-5-7-18(8-6-17)24(28)29/h5-9,11-12,15,20H,10,13-14,16H2,1-4H3,(H,28,29). The van der Waals surface area contributed by atoms with Crippen LogP contribution in [-0.2, 0) is 16.2 Å². The maximum atomic E-state index is 11.2. The van der Waals surface area contributed by atoms with E-state index in [1.165, 1.54) is 47.1 Å². The van der Waals surface area contributed by atoms with Crippen molar-refractivity contribution in [1.29, 1.82) is 0 Å². The molecule has 150 valence electrons. The molecule has 1 N–H and O–H groups in total. The fourth-order valence-electron chi connectivity index (χ4n) is 5.93. The SMILES string of the molecule is CC1(C)CCC(C)(C)c2cc(C34CC3CC=C4c3ccc(C(=O)O)cc3)ccc21. The van der Waals surface area contributed by atoms with Gasteiger partial charge >= 0.3 is 5.97 Å². The first-order chi connectivity index (χ1) is 13.6. The Hall–Kier alpha value is -2.35. The third kappa shape index (κ3) is 2.64. The molecule has 0 heterocycles. The largest absolute Gasteiger partial charge is 0.478 e. The van der Waals surface area contributed by atoms with Gasteiger partial charge < -0.3 is 5.11 Å². The van der Waals surface area contributed by atoms with Gasteiger partial charge in [-0.1, -0.05) is 64.1 Å². The summed E-state index contributed by atoms with van der Waals surface area (Å²) in [7, 11) is 0. The second-order valence-electron chi connectivity index (χ2n) is 10.6. The second kappa shape index (κ2) is 5.84. The number of hydrogen-bond acceptors (Lipinski definition) is 1. The Morgan fingerprint density at radius 3 is 2.21 bits per heavy atom. The molecule has 3 aliphatic rings. The summed E-state index contributed by atoms with van der Waals surface area (Å²) in [6.07, 6.45) is 7.19. The number of carbonyl (C=O) groups is 1. The molecule has 1 saturated carbocycles. The molecule has 29 heavy (non-hydrogen) atoms. The van der Waals surface area contributed by atoms with E-state index in [-0.39, 0.29) is 16.2 Å². The van der Waals surface area contributed by atoms with E-state index >= 15 is 0 Å². The van der Waals surface area contributed by atoms with E-state index in [0.29, 0.717) is 11.5 Å². The Bertz CT molecular complexity index is 1040. The van der Waals surface area contributed by atoms with Crippen molar-refractivity contribution in [3.05, 3.63) is 76.4 Å². The van der Waals surface area contributed by atoms with E-state index in [1.807, 2.05) is 12.1 Å². The van der Waals surface area contributed by atoms with Gasteiger partial charge in [-0.2, -0.15) is 0 Å². The zero-order valence-corrected chi connectivity index (χ0v) is 17.9. The van der Waals surface area contributed by atoms with Gasteiger partial charge in [-0.25, -0.2) is 4.79 Å². The zero-order chi connectivity index (χ0) is 20.6. The van der Waals surface area contributed by atoms with Crippen LogP contribution in [0.2, 0.25) is 0 Å². The van der Waals surface area contributed by atoms with Crippen LogP contribution in [0, 0.1) is 5.92 Å². The second-order valence-corrected chi connectivity index (χ2v) is 10.6. The Kier molecular flexibility index (Phi) is 3.76. The third-order valence-corrected chi connectivity index (χ3v) is 8.00. The summed E-state index contributed by atoms with van der Waals surface area (Å²) in [4.78, 5) is 11.2. The van der Waals surface area contributed by atoms with Gasteiger partial charge in [-0.3, -0.25) is 0 Å². The first-order valence-corrected chi connectivity index (χ1v) is 10.8. The first kappa shape index (κ1) is 18.7. The van der Waals surface area contributed by atoms with Gasteiger partial charge in [0, 0.05) is 5.41 Å². The van der Waals surface area contributed by atoms with E-state index in [1.54, 1.807) is 12.1 Å². The number of hydrogen-bond donors (Lipinski definition) is 1. The van der Waals surface area contributed by atoms with Crippen LogP contribution < -0.4 is 0 Å². The predicted molar refractivity (Wildman–Crippen MR) is 118 cm³/mol. The predicted octanol–water partition coefficient (Wildman–Crippen LogP) is 6.48. The van der Waals surface area contributed by atoms with Crippen molar-refractivity contribution in [3.63, 3.8) is 0 Å². The molecule has 5 rings (SSSR count). The highest BCUT2D eigenvalue weighted by Crippen LogP contribution is 2.68. The van der Waals surface area contributed by atoms with Crippen molar-refractivity contribution >= 4 is 11.5 Å². The number of carboxylic acids is 1. The lowest BCUT2D eigenvalue weighted by Crippen LogP contribution is -2.34. The molecule has 2 atom stereocenters. The molecule has 2 unspecified atom stereocenters.